The third kappa shape index (κ3) is 3.19. The van der Waals surface area contributed by atoms with Gasteiger partial charge in [0.05, 0.1) is 0 Å². The van der Waals surface area contributed by atoms with Gasteiger partial charge in [0.15, 0.2) is 0 Å². The van der Waals surface area contributed by atoms with E-state index in [1.807, 2.05) is 30.3 Å². The highest BCUT2D eigenvalue weighted by molar-refractivity contribution is 6.30. The molecule has 0 aliphatic heterocycles. The lowest BCUT2D eigenvalue weighted by molar-refractivity contribution is 0.100. The molecule has 0 unspecified atom stereocenters. The average molecular weight is 301 g/mol. The Morgan fingerprint density at radius 2 is 1.86 bits per heavy atom. The third-order valence-corrected chi connectivity index (χ3v) is 4.23. The molecule has 1 aliphatic carbocycles. The van der Waals surface area contributed by atoms with Gasteiger partial charge in [-0.05, 0) is 60.7 Å². The van der Waals surface area contributed by atoms with Crippen LogP contribution in [0.15, 0.2) is 48.5 Å². The van der Waals surface area contributed by atoms with E-state index in [1.54, 1.807) is 12.1 Å². The normalized spacial score (nSPS) is 20.6. The Bertz CT molecular complexity index is 648. The molecule has 0 atom stereocenters. The number of benzene rings is 2. The molecule has 3 N–H and O–H groups in total. The number of carbonyl (C=O) groups is 1. The summed E-state index contributed by atoms with van der Waals surface area (Å²) in [6.07, 6.45) is 2.19. The summed E-state index contributed by atoms with van der Waals surface area (Å²) >= 11 is 6.02. The lowest BCUT2D eigenvalue weighted by Gasteiger charge is -2.37. The Morgan fingerprint density at radius 3 is 2.48 bits per heavy atom. The van der Waals surface area contributed by atoms with Crippen molar-refractivity contribution in [2.24, 2.45) is 5.73 Å². The average Bonchev–Trinajstić information content (AvgIpc) is 2.43. The van der Waals surface area contributed by atoms with Crippen LogP contribution in [0, 0.1) is 0 Å². The predicted molar refractivity (Wildman–Crippen MR) is 85.8 cm³/mol. The zero-order chi connectivity index (χ0) is 14.8. The first-order valence-electron chi connectivity index (χ1n) is 7.03. The van der Waals surface area contributed by atoms with Crippen LogP contribution in [0.3, 0.4) is 0 Å². The van der Waals surface area contributed by atoms with Crippen LogP contribution in [0.1, 0.15) is 34.7 Å². The molecule has 2 aromatic rings. The fourth-order valence-corrected chi connectivity index (χ4v) is 2.93. The van der Waals surface area contributed by atoms with Gasteiger partial charge in [-0.2, -0.15) is 0 Å². The number of primary amides is 1. The summed E-state index contributed by atoms with van der Waals surface area (Å²) in [5.41, 5.74) is 8.09. The molecule has 3 rings (SSSR count). The van der Waals surface area contributed by atoms with Gasteiger partial charge in [-0.15, -0.1) is 0 Å². The first kappa shape index (κ1) is 14.0. The summed E-state index contributed by atoms with van der Waals surface area (Å²) in [7, 11) is 0. The van der Waals surface area contributed by atoms with E-state index >= 15 is 0 Å². The van der Waals surface area contributed by atoms with Gasteiger partial charge in [-0.3, -0.25) is 4.79 Å². The van der Waals surface area contributed by atoms with Crippen LogP contribution < -0.4 is 11.1 Å². The minimum absolute atomic E-state index is 0.397. The van der Waals surface area contributed by atoms with Gasteiger partial charge in [0, 0.05) is 22.3 Å². The van der Waals surface area contributed by atoms with E-state index in [0.29, 0.717) is 17.5 Å². The van der Waals surface area contributed by atoms with Gasteiger partial charge in [0.25, 0.3) is 0 Å². The summed E-state index contributed by atoms with van der Waals surface area (Å²) in [5, 5.41) is 4.27. The van der Waals surface area contributed by atoms with Gasteiger partial charge >= 0.3 is 0 Å². The third-order valence-electron chi connectivity index (χ3n) is 4.00. The molecule has 1 saturated carbocycles. The number of halogens is 1. The molecule has 0 radical (unpaired) electrons. The van der Waals surface area contributed by atoms with Crippen LogP contribution in [-0.2, 0) is 0 Å². The molecule has 108 valence electrons. The first-order chi connectivity index (χ1) is 10.1. The first-order valence-corrected chi connectivity index (χ1v) is 7.41. The molecule has 1 fully saturated rings. The van der Waals surface area contributed by atoms with E-state index in [2.05, 4.69) is 11.4 Å². The van der Waals surface area contributed by atoms with Gasteiger partial charge in [0.2, 0.25) is 5.91 Å². The van der Waals surface area contributed by atoms with Crippen molar-refractivity contribution in [1.82, 2.24) is 0 Å². The Hall–Kier alpha value is -2.00. The highest BCUT2D eigenvalue weighted by Crippen LogP contribution is 2.39. The molecular formula is C17H17ClN2O. The molecule has 2 aromatic carbocycles. The minimum Gasteiger partial charge on any atom is -0.382 e. The smallest absolute Gasteiger partial charge is 0.248 e. The highest BCUT2D eigenvalue weighted by Gasteiger charge is 2.30. The predicted octanol–water partition coefficient (Wildman–Crippen LogP) is 3.80. The van der Waals surface area contributed by atoms with Crippen molar-refractivity contribution in [3.63, 3.8) is 0 Å². The molecule has 0 saturated heterocycles. The second kappa shape index (κ2) is 5.78. The van der Waals surface area contributed by atoms with Crippen molar-refractivity contribution in [3.8, 4) is 0 Å². The number of amides is 1. The summed E-state index contributed by atoms with van der Waals surface area (Å²) in [6.45, 7) is 0. The molecule has 0 spiro atoms. The molecule has 0 heterocycles. The maximum Gasteiger partial charge on any atom is 0.248 e. The Morgan fingerprint density at radius 1 is 1.14 bits per heavy atom. The van der Waals surface area contributed by atoms with Crippen LogP contribution in [0.25, 0.3) is 0 Å². The minimum atomic E-state index is -0.397. The van der Waals surface area contributed by atoms with Crippen LogP contribution in [-0.4, -0.2) is 11.9 Å². The van der Waals surface area contributed by atoms with Crippen LogP contribution >= 0.6 is 11.6 Å². The van der Waals surface area contributed by atoms with Crippen molar-refractivity contribution in [1.29, 1.82) is 0 Å². The van der Waals surface area contributed by atoms with Crippen molar-refractivity contribution < 1.29 is 4.79 Å². The molecular weight excluding hydrogens is 284 g/mol. The topological polar surface area (TPSA) is 55.1 Å². The van der Waals surface area contributed by atoms with Gasteiger partial charge in [0.1, 0.15) is 0 Å². The zero-order valence-electron chi connectivity index (χ0n) is 11.6. The molecule has 21 heavy (non-hydrogen) atoms. The lowest BCUT2D eigenvalue weighted by atomic mass is 9.76. The van der Waals surface area contributed by atoms with Gasteiger partial charge in [-0.1, -0.05) is 23.7 Å². The zero-order valence-corrected chi connectivity index (χ0v) is 12.3. The molecule has 1 amide bonds. The summed E-state index contributed by atoms with van der Waals surface area (Å²) in [4.78, 5) is 11.0. The highest BCUT2D eigenvalue weighted by atomic mass is 35.5. The molecule has 4 heteroatoms. The number of anilines is 1. The van der Waals surface area contributed by atoms with E-state index in [4.69, 9.17) is 17.3 Å². The van der Waals surface area contributed by atoms with Crippen molar-refractivity contribution in [2.75, 3.05) is 5.32 Å². The standard InChI is InChI=1S/C17H17ClN2O/c18-14-3-1-2-12(8-14)13-9-16(10-13)20-15-6-4-11(5-7-15)17(19)21/h1-8,13,16,20H,9-10H2,(H2,19,21). The maximum absolute atomic E-state index is 11.0. The van der Waals surface area contributed by atoms with Crippen molar-refractivity contribution in [3.05, 3.63) is 64.7 Å². The number of rotatable bonds is 4. The van der Waals surface area contributed by atoms with Crippen LogP contribution in [0.5, 0.6) is 0 Å². The van der Waals surface area contributed by atoms with Crippen molar-refractivity contribution >= 4 is 23.2 Å². The summed E-state index contributed by atoms with van der Waals surface area (Å²) in [6, 6.07) is 15.8. The fourth-order valence-electron chi connectivity index (χ4n) is 2.73. The number of hydrogen-bond acceptors (Lipinski definition) is 2. The van der Waals surface area contributed by atoms with Gasteiger partial charge < -0.3 is 11.1 Å². The Kier molecular flexibility index (Phi) is 3.84. The maximum atomic E-state index is 11.0. The summed E-state index contributed by atoms with van der Waals surface area (Å²) in [5.74, 6) is 0.178. The second-order valence-corrected chi connectivity index (χ2v) is 5.94. The van der Waals surface area contributed by atoms with Crippen LogP contribution in [0.2, 0.25) is 5.02 Å². The molecule has 0 bridgehead atoms. The van der Waals surface area contributed by atoms with E-state index in [9.17, 15) is 4.79 Å². The molecule has 0 aromatic heterocycles. The number of hydrogen-bond donors (Lipinski definition) is 2. The molecule has 3 nitrogen and oxygen atoms in total. The number of nitrogens with two attached hydrogens (primary N) is 1. The quantitative estimate of drug-likeness (QED) is 0.902. The van der Waals surface area contributed by atoms with E-state index < -0.39 is 5.91 Å². The van der Waals surface area contributed by atoms with Crippen molar-refractivity contribution in [2.45, 2.75) is 24.8 Å². The fraction of sp³-hybridized carbons (Fsp3) is 0.235. The summed E-state index contributed by atoms with van der Waals surface area (Å²) < 4.78 is 0. The Balaban J connectivity index is 1.56. The monoisotopic (exact) mass is 300 g/mol. The second-order valence-electron chi connectivity index (χ2n) is 5.51. The van der Waals surface area contributed by atoms with Crippen LogP contribution in [0.4, 0.5) is 5.69 Å². The molecule has 1 aliphatic rings. The van der Waals surface area contributed by atoms with E-state index in [1.165, 1.54) is 5.56 Å². The van der Waals surface area contributed by atoms with E-state index in [0.717, 1.165) is 23.6 Å². The number of nitrogens with one attached hydrogen (secondary N) is 1. The number of carbonyl (C=O) groups excluding carboxylic acids is 1. The van der Waals surface area contributed by atoms with Gasteiger partial charge in [-0.25, -0.2) is 0 Å². The largest absolute Gasteiger partial charge is 0.382 e. The Labute approximate surface area is 129 Å². The SMILES string of the molecule is NC(=O)c1ccc(NC2CC(c3cccc(Cl)c3)C2)cc1. The van der Waals surface area contributed by atoms with E-state index in [-0.39, 0.29) is 0 Å². The lowest BCUT2D eigenvalue weighted by Crippen LogP contribution is -2.34.